The Balaban J connectivity index is 1.85. The zero-order valence-corrected chi connectivity index (χ0v) is 11.5. The van der Waals surface area contributed by atoms with Crippen LogP contribution < -0.4 is 5.32 Å². The first-order valence-electron chi connectivity index (χ1n) is 6.51. The Hall–Kier alpha value is -2.10. The van der Waals surface area contributed by atoms with E-state index < -0.39 is 0 Å². The summed E-state index contributed by atoms with van der Waals surface area (Å²) in [4.78, 5) is 11.5. The van der Waals surface area contributed by atoms with Crippen molar-refractivity contribution in [2.75, 3.05) is 11.9 Å². The molecule has 4 heteroatoms. The van der Waals surface area contributed by atoms with E-state index in [0.717, 1.165) is 36.2 Å². The van der Waals surface area contributed by atoms with E-state index >= 15 is 0 Å². The molecule has 0 fully saturated rings. The Morgan fingerprint density at radius 3 is 3.05 bits per heavy atom. The van der Waals surface area contributed by atoms with Crippen LogP contribution in [0.15, 0.2) is 42.4 Å². The highest BCUT2D eigenvalue weighted by molar-refractivity contribution is 5.86. The lowest BCUT2D eigenvalue weighted by Crippen LogP contribution is -2.04. The molecule has 0 bridgehead atoms. The first-order chi connectivity index (χ1) is 9.16. The molecule has 4 nitrogen and oxygen atoms in total. The van der Waals surface area contributed by atoms with Crippen LogP contribution in [0.3, 0.4) is 0 Å². The standard InChI is InChI=1S/C15H20N4/c1-11(2)9-12(3)5-4-7-16-14-13-6-8-17-15(13)19-10-18-14/h6,8-10H,3-5,7H2,1-2H3,(H2,16,17,18,19). The molecule has 2 N–H and O–H groups in total. The number of allylic oxidation sites excluding steroid dienone is 3. The van der Waals surface area contributed by atoms with Crippen LogP contribution in [-0.2, 0) is 0 Å². The largest absolute Gasteiger partial charge is 0.369 e. The minimum Gasteiger partial charge on any atom is -0.369 e. The van der Waals surface area contributed by atoms with Crippen LogP contribution >= 0.6 is 0 Å². The van der Waals surface area contributed by atoms with E-state index in [4.69, 9.17) is 0 Å². The van der Waals surface area contributed by atoms with Crippen LogP contribution in [0.2, 0.25) is 0 Å². The average Bonchev–Trinajstić information content (AvgIpc) is 2.82. The van der Waals surface area contributed by atoms with Crippen molar-refractivity contribution in [3.05, 3.63) is 42.4 Å². The Bertz CT molecular complexity index is 591. The molecule has 2 aromatic rings. The summed E-state index contributed by atoms with van der Waals surface area (Å²) < 4.78 is 0. The summed E-state index contributed by atoms with van der Waals surface area (Å²) in [5, 5.41) is 4.38. The van der Waals surface area contributed by atoms with Crippen LogP contribution in [0.5, 0.6) is 0 Å². The van der Waals surface area contributed by atoms with Gasteiger partial charge in [-0.1, -0.05) is 23.8 Å². The zero-order chi connectivity index (χ0) is 13.7. The van der Waals surface area contributed by atoms with E-state index in [1.807, 2.05) is 12.3 Å². The van der Waals surface area contributed by atoms with Crippen LogP contribution in [0.25, 0.3) is 11.0 Å². The van der Waals surface area contributed by atoms with Gasteiger partial charge in [-0.25, -0.2) is 9.97 Å². The number of aromatic nitrogens is 3. The molecule has 0 aliphatic carbocycles. The summed E-state index contributed by atoms with van der Waals surface area (Å²) in [5.41, 5.74) is 3.34. The SMILES string of the molecule is C=C(C=C(C)C)CCCNc1ncnc2[nH]ccc12. The third-order valence-electron chi connectivity index (χ3n) is 2.81. The minimum absolute atomic E-state index is 0.867. The molecule has 0 atom stereocenters. The van der Waals surface area contributed by atoms with Crippen molar-refractivity contribution < 1.29 is 0 Å². The maximum absolute atomic E-state index is 4.27. The van der Waals surface area contributed by atoms with Crippen molar-refractivity contribution in [3.8, 4) is 0 Å². The molecule has 2 heterocycles. The maximum Gasteiger partial charge on any atom is 0.142 e. The fourth-order valence-corrected chi connectivity index (χ4v) is 2.02. The topological polar surface area (TPSA) is 53.6 Å². The van der Waals surface area contributed by atoms with Gasteiger partial charge in [0.25, 0.3) is 0 Å². The summed E-state index contributed by atoms with van der Waals surface area (Å²) in [7, 11) is 0. The summed E-state index contributed by atoms with van der Waals surface area (Å²) in [5.74, 6) is 0.888. The van der Waals surface area contributed by atoms with Gasteiger partial charge in [-0.2, -0.15) is 0 Å². The summed E-state index contributed by atoms with van der Waals surface area (Å²) in [6.45, 7) is 9.11. The predicted octanol–water partition coefficient (Wildman–Crippen LogP) is 3.67. The monoisotopic (exact) mass is 256 g/mol. The molecule has 0 amide bonds. The van der Waals surface area contributed by atoms with Gasteiger partial charge in [-0.05, 0) is 32.8 Å². The van der Waals surface area contributed by atoms with Crippen molar-refractivity contribution in [3.63, 3.8) is 0 Å². The molecule has 0 saturated carbocycles. The molecular weight excluding hydrogens is 236 g/mol. The maximum atomic E-state index is 4.27. The van der Waals surface area contributed by atoms with Crippen molar-refractivity contribution >= 4 is 16.9 Å². The molecule has 2 rings (SSSR count). The number of rotatable bonds is 6. The number of hydrogen-bond donors (Lipinski definition) is 2. The van der Waals surface area contributed by atoms with Gasteiger partial charge in [-0.15, -0.1) is 0 Å². The van der Waals surface area contributed by atoms with E-state index in [9.17, 15) is 0 Å². The van der Waals surface area contributed by atoms with Crippen molar-refractivity contribution in [1.82, 2.24) is 15.0 Å². The van der Waals surface area contributed by atoms with Crippen molar-refractivity contribution in [1.29, 1.82) is 0 Å². The zero-order valence-electron chi connectivity index (χ0n) is 11.5. The van der Waals surface area contributed by atoms with E-state index in [1.165, 1.54) is 11.1 Å². The highest BCUT2D eigenvalue weighted by Gasteiger charge is 2.02. The quantitative estimate of drug-likeness (QED) is 0.612. The van der Waals surface area contributed by atoms with Gasteiger partial charge in [0.15, 0.2) is 0 Å². The molecule has 0 aliphatic rings. The number of nitrogens with zero attached hydrogens (tertiary/aromatic N) is 2. The molecule has 0 aromatic carbocycles. The number of nitrogens with one attached hydrogen (secondary N) is 2. The fraction of sp³-hybridized carbons (Fsp3) is 0.333. The van der Waals surface area contributed by atoms with Crippen molar-refractivity contribution in [2.45, 2.75) is 26.7 Å². The average molecular weight is 256 g/mol. The number of anilines is 1. The van der Waals surface area contributed by atoms with Crippen LogP contribution in [-0.4, -0.2) is 21.5 Å². The first-order valence-corrected chi connectivity index (χ1v) is 6.51. The van der Waals surface area contributed by atoms with Gasteiger partial charge < -0.3 is 10.3 Å². The lowest BCUT2D eigenvalue weighted by molar-refractivity contribution is 0.863. The van der Waals surface area contributed by atoms with Gasteiger partial charge in [0, 0.05) is 12.7 Å². The Morgan fingerprint density at radius 2 is 2.26 bits per heavy atom. The number of aromatic amines is 1. The summed E-state index contributed by atoms with van der Waals surface area (Å²) in [6.07, 6.45) is 7.62. The van der Waals surface area contributed by atoms with Crippen molar-refractivity contribution in [2.24, 2.45) is 0 Å². The summed E-state index contributed by atoms with van der Waals surface area (Å²) in [6, 6.07) is 1.99. The van der Waals surface area contributed by atoms with Crippen LogP contribution in [0.1, 0.15) is 26.7 Å². The normalized spacial score (nSPS) is 10.4. The molecule has 19 heavy (non-hydrogen) atoms. The third kappa shape index (κ3) is 3.68. The fourth-order valence-electron chi connectivity index (χ4n) is 2.02. The summed E-state index contributed by atoms with van der Waals surface area (Å²) >= 11 is 0. The third-order valence-corrected chi connectivity index (χ3v) is 2.81. The second-order valence-corrected chi connectivity index (χ2v) is 4.87. The molecular formula is C15H20N4. The molecule has 0 unspecified atom stereocenters. The lowest BCUT2D eigenvalue weighted by atomic mass is 10.1. The van der Waals surface area contributed by atoms with E-state index in [2.05, 4.69) is 46.8 Å². The van der Waals surface area contributed by atoms with Crippen LogP contribution in [0, 0.1) is 0 Å². The number of fused-ring (bicyclic) bond motifs is 1. The van der Waals surface area contributed by atoms with E-state index in [-0.39, 0.29) is 0 Å². The highest BCUT2D eigenvalue weighted by atomic mass is 15.0. The smallest absolute Gasteiger partial charge is 0.142 e. The molecule has 2 aromatic heterocycles. The Kier molecular flexibility index (Phi) is 4.34. The highest BCUT2D eigenvalue weighted by Crippen LogP contribution is 2.17. The molecule has 0 saturated heterocycles. The van der Waals surface area contributed by atoms with Gasteiger partial charge in [0.2, 0.25) is 0 Å². The van der Waals surface area contributed by atoms with Gasteiger partial charge in [0.1, 0.15) is 17.8 Å². The van der Waals surface area contributed by atoms with Gasteiger partial charge in [0.05, 0.1) is 5.39 Å². The second-order valence-electron chi connectivity index (χ2n) is 4.87. The Labute approximate surface area is 113 Å². The Morgan fingerprint density at radius 1 is 1.42 bits per heavy atom. The number of H-pyrrole nitrogens is 1. The number of hydrogen-bond acceptors (Lipinski definition) is 3. The predicted molar refractivity (Wildman–Crippen MR) is 80.2 cm³/mol. The first kappa shape index (κ1) is 13.3. The van der Waals surface area contributed by atoms with E-state index in [0.29, 0.717) is 0 Å². The lowest BCUT2D eigenvalue weighted by Gasteiger charge is -2.06. The van der Waals surface area contributed by atoms with Crippen LogP contribution in [0.4, 0.5) is 5.82 Å². The van der Waals surface area contributed by atoms with Gasteiger partial charge >= 0.3 is 0 Å². The molecule has 0 spiro atoms. The molecule has 0 radical (unpaired) electrons. The van der Waals surface area contributed by atoms with Gasteiger partial charge in [-0.3, -0.25) is 0 Å². The minimum atomic E-state index is 0.867. The molecule has 0 aliphatic heterocycles. The second kappa shape index (κ2) is 6.18. The van der Waals surface area contributed by atoms with E-state index in [1.54, 1.807) is 6.33 Å². The molecule has 100 valence electrons.